The van der Waals surface area contributed by atoms with E-state index in [-0.39, 0.29) is 16.3 Å². The highest BCUT2D eigenvalue weighted by molar-refractivity contribution is 7.89. The Morgan fingerprint density at radius 2 is 2.09 bits per heavy atom. The third-order valence-corrected chi connectivity index (χ3v) is 4.84. The van der Waals surface area contributed by atoms with Crippen molar-refractivity contribution < 1.29 is 22.8 Å². The molecule has 0 atom stereocenters. The summed E-state index contributed by atoms with van der Waals surface area (Å²) in [4.78, 5) is 10.2. The molecule has 0 radical (unpaired) electrons. The Hall–Kier alpha value is -1.75. The maximum atomic E-state index is 11.3. The number of ether oxygens (including phenoxy) is 2. The zero-order valence-corrected chi connectivity index (χ0v) is 13.5. The van der Waals surface area contributed by atoms with Crippen molar-refractivity contribution in [3.63, 3.8) is 0 Å². The summed E-state index contributed by atoms with van der Waals surface area (Å²) in [5.41, 5.74) is -0.606. The Morgan fingerprint density at radius 3 is 2.61 bits per heavy atom. The number of primary sulfonamides is 1. The number of hydrogen-bond acceptors (Lipinski definition) is 7. The highest BCUT2D eigenvalue weighted by Gasteiger charge is 2.33. The van der Waals surface area contributed by atoms with Crippen molar-refractivity contribution in [3.8, 4) is 0 Å². The second-order valence-electron chi connectivity index (χ2n) is 5.33. The van der Waals surface area contributed by atoms with Crippen LogP contribution in [0, 0.1) is 10.1 Å². The van der Waals surface area contributed by atoms with Gasteiger partial charge in [-0.15, -0.1) is 0 Å². The molecule has 1 heterocycles. The Bertz CT molecular complexity index is 685. The number of anilines is 1. The van der Waals surface area contributed by atoms with E-state index in [1.54, 1.807) is 7.11 Å². The molecule has 10 heteroatoms. The molecule has 1 aromatic rings. The number of nitrogens with zero attached hydrogens (tertiary/aromatic N) is 1. The summed E-state index contributed by atoms with van der Waals surface area (Å²) in [6.45, 7) is 1.46. The van der Waals surface area contributed by atoms with E-state index in [2.05, 4.69) is 5.32 Å². The predicted molar refractivity (Wildman–Crippen MR) is 82.8 cm³/mol. The molecule has 0 aromatic heterocycles. The maximum Gasteiger partial charge on any atom is 0.293 e. The summed E-state index contributed by atoms with van der Waals surface area (Å²) >= 11 is 0. The monoisotopic (exact) mass is 345 g/mol. The molecule has 0 unspecified atom stereocenters. The van der Waals surface area contributed by atoms with Crippen LogP contribution in [-0.4, -0.2) is 45.8 Å². The number of sulfonamides is 1. The van der Waals surface area contributed by atoms with Crippen LogP contribution in [0.2, 0.25) is 0 Å². The quantitative estimate of drug-likeness (QED) is 0.576. The summed E-state index contributed by atoms with van der Waals surface area (Å²) in [5, 5.41) is 19.2. The standard InChI is InChI=1S/C13H19N3O6S/c1-21-13(4-6-22-7-5-13)9-15-11-3-2-10(23(14,19)20)8-12(11)16(17)18/h2-3,8,15H,4-7,9H2,1H3,(H2,14,19,20). The van der Waals surface area contributed by atoms with E-state index in [1.807, 2.05) is 0 Å². The van der Waals surface area contributed by atoms with Gasteiger partial charge < -0.3 is 14.8 Å². The summed E-state index contributed by atoms with van der Waals surface area (Å²) in [7, 11) is -2.41. The van der Waals surface area contributed by atoms with Crippen LogP contribution >= 0.6 is 0 Å². The van der Waals surface area contributed by atoms with Gasteiger partial charge in [0.05, 0.1) is 15.4 Å². The average Bonchev–Trinajstić information content (AvgIpc) is 2.52. The molecule has 0 spiro atoms. The smallest absolute Gasteiger partial charge is 0.293 e. The molecule has 0 aliphatic carbocycles. The molecule has 1 fully saturated rings. The van der Waals surface area contributed by atoms with Gasteiger partial charge in [-0.3, -0.25) is 10.1 Å². The lowest BCUT2D eigenvalue weighted by Crippen LogP contribution is -2.44. The largest absolute Gasteiger partial charge is 0.381 e. The van der Waals surface area contributed by atoms with Crippen molar-refractivity contribution in [2.45, 2.75) is 23.3 Å². The predicted octanol–water partition coefficient (Wildman–Crippen LogP) is 0.850. The van der Waals surface area contributed by atoms with Crippen molar-refractivity contribution in [1.29, 1.82) is 0 Å². The summed E-state index contributed by atoms with van der Waals surface area (Å²) < 4.78 is 33.5. The van der Waals surface area contributed by atoms with E-state index in [4.69, 9.17) is 14.6 Å². The zero-order chi connectivity index (χ0) is 17.1. The highest BCUT2D eigenvalue weighted by Crippen LogP contribution is 2.30. The van der Waals surface area contributed by atoms with Gasteiger partial charge in [0.2, 0.25) is 10.0 Å². The molecule has 2 rings (SSSR count). The number of nitrogens with two attached hydrogens (primary N) is 1. The first-order valence-electron chi connectivity index (χ1n) is 6.95. The first-order valence-corrected chi connectivity index (χ1v) is 8.50. The van der Waals surface area contributed by atoms with Crippen LogP contribution in [-0.2, 0) is 19.5 Å². The van der Waals surface area contributed by atoms with Crippen molar-refractivity contribution in [2.75, 3.05) is 32.2 Å². The molecule has 3 N–H and O–H groups in total. The Labute approximate surface area is 134 Å². The van der Waals surface area contributed by atoms with Gasteiger partial charge in [-0.05, 0) is 12.1 Å². The Kier molecular flexibility index (Phi) is 5.19. The lowest BCUT2D eigenvalue weighted by molar-refractivity contribution is -0.384. The molecule has 1 aromatic carbocycles. The lowest BCUT2D eigenvalue weighted by Gasteiger charge is -2.36. The third-order valence-electron chi connectivity index (χ3n) is 3.93. The van der Waals surface area contributed by atoms with E-state index in [9.17, 15) is 18.5 Å². The molecule has 9 nitrogen and oxygen atoms in total. The second-order valence-corrected chi connectivity index (χ2v) is 6.90. The number of nitro benzene ring substituents is 1. The van der Waals surface area contributed by atoms with E-state index >= 15 is 0 Å². The molecule has 0 bridgehead atoms. The van der Waals surface area contributed by atoms with Gasteiger partial charge in [-0.25, -0.2) is 13.6 Å². The number of nitro groups is 1. The van der Waals surface area contributed by atoms with Crippen LogP contribution < -0.4 is 10.5 Å². The van der Waals surface area contributed by atoms with Crippen molar-refractivity contribution >= 4 is 21.4 Å². The van der Waals surface area contributed by atoms with Gasteiger partial charge >= 0.3 is 0 Å². The SMILES string of the molecule is COC1(CNc2ccc(S(N)(=O)=O)cc2[N+](=O)[O-])CCOCC1. The molecule has 1 saturated heterocycles. The minimum Gasteiger partial charge on any atom is -0.381 e. The molecule has 0 amide bonds. The average molecular weight is 345 g/mol. The van der Waals surface area contributed by atoms with Crippen LogP contribution in [0.15, 0.2) is 23.1 Å². The van der Waals surface area contributed by atoms with E-state index in [0.717, 1.165) is 6.07 Å². The summed E-state index contributed by atoms with van der Waals surface area (Å²) in [6, 6.07) is 3.51. The molecule has 128 valence electrons. The van der Waals surface area contributed by atoms with Crippen LogP contribution in [0.3, 0.4) is 0 Å². The van der Waals surface area contributed by atoms with Crippen molar-refractivity contribution in [1.82, 2.24) is 0 Å². The Balaban J connectivity index is 2.24. The number of methoxy groups -OCH3 is 1. The van der Waals surface area contributed by atoms with Crippen molar-refractivity contribution in [2.24, 2.45) is 5.14 Å². The molecule has 0 saturated carbocycles. The second kappa shape index (κ2) is 6.79. The van der Waals surface area contributed by atoms with Gasteiger partial charge in [-0.2, -0.15) is 0 Å². The number of nitrogens with one attached hydrogen (secondary N) is 1. The first-order chi connectivity index (χ1) is 10.8. The molecular weight excluding hydrogens is 326 g/mol. The van der Waals surface area contributed by atoms with E-state index in [0.29, 0.717) is 32.6 Å². The molecular formula is C13H19N3O6S. The topological polar surface area (TPSA) is 134 Å². The Morgan fingerprint density at radius 1 is 1.43 bits per heavy atom. The number of hydrogen-bond donors (Lipinski definition) is 2. The molecule has 1 aliphatic rings. The fourth-order valence-electron chi connectivity index (χ4n) is 2.44. The van der Waals surface area contributed by atoms with Crippen LogP contribution in [0.25, 0.3) is 0 Å². The van der Waals surface area contributed by atoms with Gasteiger partial charge in [0.15, 0.2) is 0 Å². The van der Waals surface area contributed by atoms with Crippen LogP contribution in [0.5, 0.6) is 0 Å². The third kappa shape index (κ3) is 4.16. The number of benzene rings is 1. The summed E-state index contributed by atoms with van der Waals surface area (Å²) in [5.74, 6) is 0. The fraction of sp³-hybridized carbons (Fsp3) is 0.538. The first kappa shape index (κ1) is 17.6. The number of rotatable bonds is 6. The van der Waals surface area contributed by atoms with E-state index in [1.165, 1.54) is 12.1 Å². The minimum atomic E-state index is -4.00. The summed E-state index contributed by atoms with van der Waals surface area (Å²) in [6.07, 6.45) is 1.33. The fourth-order valence-corrected chi connectivity index (χ4v) is 2.98. The molecule has 23 heavy (non-hydrogen) atoms. The van der Waals surface area contributed by atoms with E-state index < -0.39 is 20.5 Å². The maximum absolute atomic E-state index is 11.3. The molecule has 1 aliphatic heterocycles. The van der Waals surface area contributed by atoms with Crippen LogP contribution in [0.1, 0.15) is 12.8 Å². The van der Waals surface area contributed by atoms with Crippen molar-refractivity contribution in [3.05, 3.63) is 28.3 Å². The van der Waals surface area contributed by atoms with Crippen LogP contribution in [0.4, 0.5) is 11.4 Å². The highest BCUT2D eigenvalue weighted by atomic mass is 32.2. The van der Waals surface area contributed by atoms with Gasteiger partial charge in [0.25, 0.3) is 5.69 Å². The minimum absolute atomic E-state index is 0.213. The normalized spacial score (nSPS) is 17.7. The lowest BCUT2D eigenvalue weighted by atomic mass is 9.94. The van der Waals surface area contributed by atoms with Gasteiger partial charge in [-0.1, -0.05) is 0 Å². The zero-order valence-electron chi connectivity index (χ0n) is 12.6. The van der Waals surface area contributed by atoms with Gasteiger partial charge in [0.1, 0.15) is 5.69 Å². The van der Waals surface area contributed by atoms with Gasteiger partial charge in [0, 0.05) is 45.8 Å².